The molecule has 1 rings (SSSR count). The molecule has 1 saturated heterocycles. The van der Waals surface area contributed by atoms with Gasteiger partial charge in [-0.05, 0) is 13.8 Å². The maximum atomic E-state index is 5.33. The predicted molar refractivity (Wildman–Crippen MR) is 81.2 cm³/mol. The minimum absolute atomic E-state index is 0.308. The van der Waals surface area contributed by atoms with Crippen molar-refractivity contribution >= 4 is 63.7 Å². The Bertz CT molecular complexity index is 256. The van der Waals surface area contributed by atoms with Crippen LogP contribution in [0.2, 0.25) is 0 Å². The molecule has 1 aliphatic heterocycles. The molecule has 19 heavy (non-hydrogen) atoms. The monoisotopic (exact) mass is 534 g/mol. The molecule has 10 heteroatoms. The van der Waals surface area contributed by atoms with Crippen LogP contribution in [0.4, 0.5) is 0 Å². The molecule has 0 saturated carbocycles. The molecule has 1 fully saturated rings. The van der Waals surface area contributed by atoms with E-state index in [0.29, 0.717) is 21.3 Å². The Labute approximate surface area is 145 Å². The number of rotatable bonds is 4. The zero-order valence-electron chi connectivity index (χ0n) is 10.3. The largest absolute Gasteiger partial charge is 0.253 e. The summed E-state index contributed by atoms with van der Waals surface area (Å²) in [5, 5.41) is 1.23. The summed E-state index contributed by atoms with van der Waals surface area (Å²) in [6.45, 7) is 3.28. The van der Waals surface area contributed by atoms with Crippen LogP contribution < -0.4 is 0 Å². The van der Waals surface area contributed by atoms with Gasteiger partial charge in [0.15, 0.2) is 0 Å². The molecule has 1 heterocycles. The number of hydrogen-bond acceptors (Lipinski definition) is 6. The number of halogens is 4. The third kappa shape index (κ3) is 5.11. The topological polar surface area (TPSA) is 55.4 Å². The van der Waals surface area contributed by atoms with Crippen LogP contribution >= 0.6 is 63.7 Å². The van der Waals surface area contributed by atoms with Crippen molar-refractivity contribution < 1.29 is 29.3 Å². The van der Waals surface area contributed by atoms with E-state index in [1.54, 1.807) is 13.8 Å². The van der Waals surface area contributed by atoms with E-state index in [-0.39, 0.29) is 0 Å². The van der Waals surface area contributed by atoms with Crippen LogP contribution in [0.1, 0.15) is 13.8 Å². The van der Waals surface area contributed by atoms with Gasteiger partial charge < -0.3 is 0 Å². The molecular weight excluding hydrogens is 524 g/mol. The van der Waals surface area contributed by atoms with E-state index in [0.717, 1.165) is 0 Å². The van der Waals surface area contributed by atoms with Gasteiger partial charge in [-0.1, -0.05) is 63.7 Å². The van der Waals surface area contributed by atoms with Gasteiger partial charge in [0, 0.05) is 0 Å². The van der Waals surface area contributed by atoms with Crippen molar-refractivity contribution in [3.05, 3.63) is 0 Å². The van der Waals surface area contributed by atoms with E-state index in [1.807, 2.05) is 0 Å². The Morgan fingerprint density at radius 1 is 0.579 bits per heavy atom. The number of hydrogen-bond donors (Lipinski definition) is 0. The Morgan fingerprint density at radius 2 is 0.842 bits per heavy atom. The lowest BCUT2D eigenvalue weighted by molar-refractivity contribution is -0.533. The van der Waals surface area contributed by atoms with E-state index in [1.165, 1.54) is 0 Å². The maximum Gasteiger partial charge on any atom is 0.253 e. The molecule has 0 radical (unpaired) electrons. The SMILES string of the molecule is CC1(C)OOC(CBr)(CBr)OOC(CBr)(CBr)OO1. The van der Waals surface area contributed by atoms with Crippen LogP contribution in [-0.4, -0.2) is 38.7 Å². The molecule has 0 aromatic carbocycles. The van der Waals surface area contributed by atoms with Gasteiger partial charge in [-0.2, -0.15) is 29.3 Å². The van der Waals surface area contributed by atoms with Crippen LogP contribution in [0.3, 0.4) is 0 Å². The van der Waals surface area contributed by atoms with Crippen molar-refractivity contribution in [3.8, 4) is 0 Å². The zero-order chi connectivity index (χ0) is 14.6. The molecule has 0 amide bonds. The van der Waals surface area contributed by atoms with Gasteiger partial charge in [0.05, 0.1) is 21.3 Å². The summed E-state index contributed by atoms with van der Waals surface area (Å²) in [6, 6.07) is 0. The first-order valence-corrected chi connectivity index (χ1v) is 9.69. The first-order valence-electron chi connectivity index (χ1n) is 5.21. The minimum Gasteiger partial charge on any atom is -0.195 e. The summed E-state index contributed by atoms with van der Waals surface area (Å²) in [5.41, 5.74) is 0. The van der Waals surface area contributed by atoms with E-state index in [4.69, 9.17) is 29.3 Å². The summed E-state index contributed by atoms with van der Waals surface area (Å²) in [7, 11) is 0. The van der Waals surface area contributed by atoms with Crippen molar-refractivity contribution in [2.24, 2.45) is 0 Å². The fraction of sp³-hybridized carbons (Fsp3) is 1.00. The second-order valence-corrected chi connectivity index (χ2v) is 6.50. The van der Waals surface area contributed by atoms with Gasteiger partial charge in [-0.3, -0.25) is 0 Å². The standard InChI is InChI=1S/C9H14Br4O6/c1-7(2)14-16-8(3-10,4-11)18-19-9(5-12,6-13)17-15-7/h3-6H2,1-2H3. The summed E-state index contributed by atoms with van der Waals surface area (Å²) >= 11 is 13.2. The smallest absolute Gasteiger partial charge is 0.195 e. The van der Waals surface area contributed by atoms with E-state index < -0.39 is 17.4 Å². The van der Waals surface area contributed by atoms with Crippen molar-refractivity contribution in [1.29, 1.82) is 0 Å². The van der Waals surface area contributed by atoms with E-state index in [9.17, 15) is 0 Å². The lowest BCUT2D eigenvalue weighted by atomic mass is 10.4. The summed E-state index contributed by atoms with van der Waals surface area (Å²) in [4.78, 5) is 31.6. The van der Waals surface area contributed by atoms with Crippen molar-refractivity contribution in [3.63, 3.8) is 0 Å². The normalized spacial score (nSPS) is 26.2. The highest BCUT2D eigenvalue weighted by Gasteiger charge is 2.45. The highest BCUT2D eigenvalue weighted by molar-refractivity contribution is 9.10. The molecule has 0 atom stereocenters. The molecule has 0 bridgehead atoms. The summed E-state index contributed by atoms with van der Waals surface area (Å²) in [6.07, 6.45) is 0. The van der Waals surface area contributed by atoms with Gasteiger partial charge in [0.25, 0.3) is 11.6 Å². The van der Waals surface area contributed by atoms with Crippen molar-refractivity contribution in [2.75, 3.05) is 21.3 Å². The Balaban J connectivity index is 2.96. The second-order valence-electron chi connectivity index (χ2n) is 4.26. The summed E-state index contributed by atoms with van der Waals surface area (Å²) in [5.74, 6) is -3.49. The molecule has 0 aromatic heterocycles. The van der Waals surface area contributed by atoms with Gasteiger partial charge in [-0.15, -0.1) is 0 Å². The van der Waals surface area contributed by atoms with Crippen LogP contribution in [-0.2, 0) is 29.3 Å². The van der Waals surface area contributed by atoms with Crippen LogP contribution in [0.15, 0.2) is 0 Å². The van der Waals surface area contributed by atoms with Crippen molar-refractivity contribution in [1.82, 2.24) is 0 Å². The van der Waals surface area contributed by atoms with Crippen LogP contribution in [0, 0.1) is 0 Å². The predicted octanol–water partition coefficient (Wildman–Crippen LogP) is 3.55. The Morgan fingerprint density at radius 3 is 1.11 bits per heavy atom. The molecule has 0 N–H and O–H groups in total. The fourth-order valence-electron chi connectivity index (χ4n) is 0.796. The Hall–Kier alpha value is 1.68. The van der Waals surface area contributed by atoms with Crippen LogP contribution in [0.25, 0.3) is 0 Å². The first-order chi connectivity index (χ1) is 8.86. The highest BCUT2D eigenvalue weighted by Crippen LogP contribution is 2.32. The first kappa shape index (κ1) is 18.7. The lowest BCUT2D eigenvalue weighted by Crippen LogP contribution is -2.46. The molecule has 0 unspecified atom stereocenters. The quantitative estimate of drug-likeness (QED) is 0.404. The molecule has 6 nitrogen and oxygen atoms in total. The zero-order valence-corrected chi connectivity index (χ0v) is 16.6. The maximum absolute atomic E-state index is 5.33. The Kier molecular flexibility index (Phi) is 7.68. The van der Waals surface area contributed by atoms with Crippen LogP contribution in [0.5, 0.6) is 0 Å². The molecule has 0 aromatic rings. The lowest BCUT2D eigenvalue weighted by Gasteiger charge is -2.30. The molecule has 0 aliphatic carbocycles. The van der Waals surface area contributed by atoms with Gasteiger partial charge in [0.2, 0.25) is 5.79 Å². The average Bonchev–Trinajstić information content (AvgIpc) is 2.48. The second kappa shape index (κ2) is 7.80. The number of alkyl halides is 4. The third-order valence-corrected chi connectivity index (χ3v) is 5.37. The fourth-order valence-corrected chi connectivity index (χ4v) is 3.40. The average molecular weight is 538 g/mol. The van der Waals surface area contributed by atoms with E-state index >= 15 is 0 Å². The molecule has 1 aliphatic rings. The van der Waals surface area contributed by atoms with E-state index in [2.05, 4.69) is 63.7 Å². The van der Waals surface area contributed by atoms with Crippen molar-refractivity contribution in [2.45, 2.75) is 31.2 Å². The minimum atomic E-state index is -1.18. The summed E-state index contributed by atoms with van der Waals surface area (Å²) < 4.78 is 0. The molecule has 114 valence electrons. The molecule has 0 spiro atoms. The van der Waals surface area contributed by atoms with Gasteiger partial charge in [-0.25, -0.2) is 0 Å². The third-order valence-electron chi connectivity index (χ3n) is 1.95. The highest BCUT2D eigenvalue weighted by atomic mass is 79.9. The molecular formula is C9H14Br4O6. The van der Waals surface area contributed by atoms with Gasteiger partial charge >= 0.3 is 0 Å². The van der Waals surface area contributed by atoms with Gasteiger partial charge in [0.1, 0.15) is 0 Å².